The van der Waals surface area contributed by atoms with Crippen LogP contribution in [0, 0.1) is 0 Å². The summed E-state index contributed by atoms with van der Waals surface area (Å²) in [7, 11) is 0.590. The maximum atomic E-state index is 12.8. The van der Waals surface area contributed by atoms with E-state index >= 15 is 0 Å². The van der Waals surface area contributed by atoms with Gasteiger partial charge in [0.1, 0.15) is 6.61 Å². The minimum absolute atomic E-state index is 0.590. The molecule has 0 spiro atoms. The lowest BCUT2D eigenvalue weighted by Crippen LogP contribution is -2.63. The lowest BCUT2D eigenvalue weighted by molar-refractivity contribution is -0.330. The Morgan fingerprint density at radius 3 is 2.15 bits per heavy atom. The normalized spacial score (nSPS) is 24.6. The van der Waals surface area contributed by atoms with Crippen molar-refractivity contribution in [2.75, 3.05) is 13.7 Å². The van der Waals surface area contributed by atoms with Crippen molar-refractivity contribution in [1.82, 2.24) is 0 Å². The molecule has 12 heteroatoms. The van der Waals surface area contributed by atoms with Crippen molar-refractivity contribution in [2.24, 2.45) is 0 Å². The molecule has 20 heavy (non-hydrogen) atoms. The van der Waals surface area contributed by atoms with Crippen LogP contribution in [0.2, 0.25) is 0 Å². The number of hydrogen-bond donors (Lipinski definition) is 0. The van der Waals surface area contributed by atoms with Crippen LogP contribution in [0.25, 0.3) is 0 Å². The van der Waals surface area contributed by atoms with Crippen LogP contribution in [-0.4, -0.2) is 50.1 Å². The average Bonchev–Trinajstić information content (AvgIpc) is 2.66. The first kappa shape index (κ1) is 16.2. The fourth-order valence-electron chi connectivity index (χ4n) is 1.36. The first-order chi connectivity index (χ1) is 8.94. The molecule has 0 bridgehead atoms. The summed E-state index contributed by atoms with van der Waals surface area (Å²) in [6.07, 6.45) is -19.2. The van der Waals surface area contributed by atoms with E-state index in [2.05, 4.69) is 18.9 Å². The number of methoxy groups -OCH3 is 1. The fourth-order valence-corrected chi connectivity index (χ4v) is 1.36. The van der Waals surface area contributed by atoms with Crippen LogP contribution in [0.1, 0.15) is 0 Å². The lowest BCUT2D eigenvalue weighted by atomic mass is 9.96. The SMILES string of the molecule is COC(=O)OC(C(F)(F)F)C1(C(F)(F)F)COC(=O)O1. The van der Waals surface area contributed by atoms with Gasteiger partial charge in [-0.3, -0.25) is 0 Å². The zero-order valence-electron chi connectivity index (χ0n) is 9.50. The quantitative estimate of drug-likeness (QED) is 0.575. The van der Waals surface area contributed by atoms with Crippen LogP contribution in [0.15, 0.2) is 0 Å². The molecule has 6 nitrogen and oxygen atoms in total. The minimum atomic E-state index is -5.70. The van der Waals surface area contributed by atoms with Crippen molar-refractivity contribution in [3.05, 3.63) is 0 Å². The topological polar surface area (TPSA) is 71.1 Å². The first-order valence-electron chi connectivity index (χ1n) is 4.68. The third-order valence-electron chi connectivity index (χ3n) is 2.25. The molecule has 1 saturated heterocycles. The predicted octanol–water partition coefficient (Wildman–Crippen LogP) is 2.17. The molecule has 1 aliphatic heterocycles. The predicted molar refractivity (Wildman–Crippen MR) is 44.6 cm³/mol. The van der Waals surface area contributed by atoms with E-state index in [0.717, 1.165) is 0 Å². The van der Waals surface area contributed by atoms with Crippen molar-refractivity contribution >= 4 is 12.3 Å². The van der Waals surface area contributed by atoms with Crippen molar-refractivity contribution in [2.45, 2.75) is 24.1 Å². The van der Waals surface area contributed by atoms with Crippen molar-refractivity contribution in [3.63, 3.8) is 0 Å². The highest BCUT2D eigenvalue weighted by Gasteiger charge is 2.75. The molecule has 1 rings (SSSR count). The van der Waals surface area contributed by atoms with Crippen LogP contribution < -0.4 is 0 Å². The molecule has 0 radical (unpaired) electrons. The van der Waals surface area contributed by atoms with E-state index in [1.54, 1.807) is 0 Å². The van der Waals surface area contributed by atoms with Crippen molar-refractivity contribution in [3.8, 4) is 0 Å². The van der Waals surface area contributed by atoms with Gasteiger partial charge in [-0.1, -0.05) is 0 Å². The number of ether oxygens (including phenoxy) is 4. The Bertz CT molecular complexity index is 403. The number of carbonyl (C=O) groups excluding carboxylic acids is 2. The van der Waals surface area contributed by atoms with Crippen LogP contribution in [0.4, 0.5) is 35.9 Å². The number of cyclic esters (lactones) is 2. The van der Waals surface area contributed by atoms with E-state index in [9.17, 15) is 35.9 Å². The van der Waals surface area contributed by atoms with Crippen molar-refractivity contribution < 1.29 is 54.9 Å². The third kappa shape index (κ3) is 2.82. The zero-order valence-corrected chi connectivity index (χ0v) is 9.50. The van der Waals surface area contributed by atoms with Gasteiger partial charge in [-0.25, -0.2) is 9.59 Å². The van der Waals surface area contributed by atoms with Crippen LogP contribution in [0.5, 0.6) is 0 Å². The Morgan fingerprint density at radius 1 is 1.30 bits per heavy atom. The standard InChI is InChI=1S/C8H6F6O6/c1-17-4(15)19-3(7(9,10)11)6(8(12,13)14)2-18-5(16)20-6/h3H,2H2,1H3. The molecule has 1 aliphatic rings. The zero-order chi connectivity index (χ0) is 15.8. The van der Waals surface area contributed by atoms with Crippen LogP contribution >= 0.6 is 0 Å². The molecule has 0 aliphatic carbocycles. The van der Waals surface area contributed by atoms with Crippen molar-refractivity contribution in [1.29, 1.82) is 0 Å². The molecular weight excluding hydrogens is 306 g/mol. The van der Waals surface area contributed by atoms with Gasteiger partial charge in [0.25, 0.3) is 11.7 Å². The molecular formula is C8H6F6O6. The van der Waals surface area contributed by atoms with Gasteiger partial charge in [0, 0.05) is 0 Å². The smallest absolute Gasteiger partial charge is 0.438 e. The molecule has 1 fully saturated rings. The molecule has 1 heterocycles. The lowest BCUT2D eigenvalue weighted by Gasteiger charge is -2.34. The van der Waals surface area contributed by atoms with Gasteiger partial charge in [0.15, 0.2) is 0 Å². The monoisotopic (exact) mass is 312 g/mol. The molecule has 0 aromatic rings. The number of hydrogen-bond acceptors (Lipinski definition) is 6. The Labute approximate surface area is 106 Å². The van der Waals surface area contributed by atoms with Gasteiger partial charge in [-0.2, -0.15) is 26.3 Å². The average molecular weight is 312 g/mol. The fraction of sp³-hybridized carbons (Fsp3) is 0.750. The third-order valence-corrected chi connectivity index (χ3v) is 2.25. The van der Waals surface area contributed by atoms with E-state index in [-0.39, 0.29) is 0 Å². The molecule has 2 atom stereocenters. The van der Waals surface area contributed by atoms with Crippen LogP contribution in [0.3, 0.4) is 0 Å². The van der Waals surface area contributed by atoms with E-state index in [0.29, 0.717) is 7.11 Å². The molecule has 0 amide bonds. The summed E-state index contributed by atoms with van der Waals surface area (Å²) in [6.45, 7) is -1.81. The molecule has 0 aromatic heterocycles. The van der Waals surface area contributed by atoms with Gasteiger partial charge in [-0.15, -0.1) is 0 Å². The summed E-state index contributed by atoms with van der Waals surface area (Å²) in [6, 6.07) is 0. The molecule has 2 unspecified atom stereocenters. The number of carbonyl (C=O) groups is 2. The maximum absolute atomic E-state index is 12.8. The maximum Gasteiger partial charge on any atom is 0.509 e. The summed E-state index contributed by atoms with van der Waals surface area (Å²) >= 11 is 0. The molecule has 0 N–H and O–H groups in total. The Kier molecular flexibility index (Phi) is 3.97. The highest BCUT2D eigenvalue weighted by molar-refractivity contribution is 5.64. The number of halogens is 6. The second kappa shape index (κ2) is 4.90. The molecule has 0 saturated carbocycles. The minimum Gasteiger partial charge on any atom is -0.438 e. The summed E-state index contributed by atoms with van der Waals surface area (Å²) in [5.41, 5.74) is -4.18. The van der Waals surface area contributed by atoms with E-state index in [1.165, 1.54) is 0 Å². The van der Waals surface area contributed by atoms with Gasteiger partial charge in [0.2, 0.25) is 0 Å². The Hall–Kier alpha value is -1.88. The Morgan fingerprint density at radius 2 is 1.85 bits per heavy atom. The van der Waals surface area contributed by atoms with E-state index in [1.807, 2.05) is 0 Å². The second-order valence-corrected chi connectivity index (χ2v) is 3.52. The second-order valence-electron chi connectivity index (χ2n) is 3.52. The number of rotatable bonds is 2. The summed E-state index contributed by atoms with van der Waals surface area (Å²) < 4.78 is 91.2. The highest BCUT2D eigenvalue weighted by atomic mass is 19.4. The summed E-state index contributed by atoms with van der Waals surface area (Å²) in [5.74, 6) is 0. The van der Waals surface area contributed by atoms with Gasteiger partial charge >= 0.3 is 24.7 Å². The largest absolute Gasteiger partial charge is 0.509 e. The van der Waals surface area contributed by atoms with Gasteiger partial charge < -0.3 is 18.9 Å². The summed E-state index contributed by atoms with van der Waals surface area (Å²) in [4.78, 5) is 21.3. The number of alkyl halides is 6. The molecule has 0 aromatic carbocycles. The highest BCUT2D eigenvalue weighted by Crippen LogP contribution is 2.46. The van der Waals surface area contributed by atoms with E-state index < -0.39 is 43.0 Å². The molecule has 116 valence electrons. The van der Waals surface area contributed by atoms with Crippen LogP contribution in [-0.2, 0) is 18.9 Å². The Balaban J connectivity index is 3.26. The van der Waals surface area contributed by atoms with Gasteiger partial charge in [0.05, 0.1) is 7.11 Å². The van der Waals surface area contributed by atoms with E-state index in [4.69, 9.17) is 0 Å². The van der Waals surface area contributed by atoms with Gasteiger partial charge in [-0.05, 0) is 0 Å². The first-order valence-corrected chi connectivity index (χ1v) is 4.68. The summed E-state index contributed by atoms with van der Waals surface area (Å²) in [5, 5.41) is 0.